The van der Waals surface area contributed by atoms with Crippen molar-refractivity contribution in [3.8, 4) is 11.8 Å². The van der Waals surface area contributed by atoms with E-state index in [2.05, 4.69) is 22.1 Å². The Bertz CT molecular complexity index is 337. The zero-order valence-corrected chi connectivity index (χ0v) is 6.95. The molecule has 0 aliphatic heterocycles. The smallest absolute Gasteiger partial charge is 0.312 e. The molecule has 0 aliphatic carbocycles. The Kier molecular flexibility index (Phi) is 3.33. The molecule has 0 aromatic carbocycles. The summed E-state index contributed by atoms with van der Waals surface area (Å²) in [7, 11) is 0. The van der Waals surface area contributed by atoms with Gasteiger partial charge in [0, 0.05) is 18.0 Å². The van der Waals surface area contributed by atoms with Crippen molar-refractivity contribution in [1.29, 1.82) is 0 Å². The van der Waals surface area contributed by atoms with E-state index in [1.807, 2.05) is 6.07 Å². The van der Waals surface area contributed by atoms with E-state index >= 15 is 0 Å². The monoisotopic (exact) mass is 175 g/mol. The molecule has 1 aromatic rings. The Morgan fingerprint density at radius 1 is 1.69 bits per heavy atom. The highest BCUT2D eigenvalue weighted by molar-refractivity contribution is 5.71. The van der Waals surface area contributed by atoms with Gasteiger partial charge in [0.2, 0.25) is 0 Å². The number of rotatable bonds is 1. The second kappa shape index (κ2) is 4.78. The first kappa shape index (κ1) is 9.07. The Hall–Kier alpha value is -2.02. The molecule has 0 bridgehead atoms. The number of nitrogens with one attached hydrogen (secondary N) is 1. The van der Waals surface area contributed by atoms with E-state index < -0.39 is 6.03 Å². The summed E-state index contributed by atoms with van der Waals surface area (Å²) < 4.78 is 0. The van der Waals surface area contributed by atoms with E-state index in [1.165, 1.54) is 0 Å². The number of aromatic nitrogens is 1. The summed E-state index contributed by atoms with van der Waals surface area (Å²) in [5, 5.41) is 2.36. The van der Waals surface area contributed by atoms with Crippen LogP contribution >= 0.6 is 0 Å². The summed E-state index contributed by atoms with van der Waals surface area (Å²) in [5.41, 5.74) is 5.66. The molecule has 1 heterocycles. The lowest BCUT2D eigenvalue weighted by Gasteiger charge is -1.90. The summed E-state index contributed by atoms with van der Waals surface area (Å²) in [6.45, 7) is 0.254. The normalized spacial score (nSPS) is 8.31. The van der Waals surface area contributed by atoms with Crippen molar-refractivity contribution in [2.24, 2.45) is 5.73 Å². The van der Waals surface area contributed by atoms with Crippen LogP contribution in [0.5, 0.6) is 0 Å². The molecule has 13 heavy (non-hydrogen) atoms. The van der Waals surface area contributed by atoms with Crippen LogP contribution in [0.1, 0.15) is 5.56 Å². The summed E-state index contributed by atoms with van der Waals surface area (Å²) in [6, 6.07) is 3.07. The number of carbonyl (C=O) groups excluding carboxylic acids is 1. The van der Waals surface area contributed by atoms with Crippen LogP contribution in [0.3, 0.4) is 0 Å². The molecule has 0 radical (unpaired) electrons. The maximum Gasteiger partial charge on any atom is 0.312 e. The molecule has 3 N–H and O–H groups in total. The topological polar surface area (TPSA) is 68.0 Å². The molecule has 4 nitrogen and oxygen atoms in total. The number of nitrogens with zero attached hydrogens (tertiary/aromatic N) is 1. The van der Waals surface area contributed by atoms with Crippen LogP contribution in [0.2, 0.25) is 0 Å². The zero-order valence-electron chi connectivity index (χ0n) is 6.95. The Morgan fingerprint density at radius 2 is 2.54 bits per heavy atom. The van der Waals surface area contributed by atoms with Gasteiger partial charge in [-0.1, -0.05) is 11.8 Å². The molecule has 1 aromatic heterocycles. The van der Waals surface area contributed by atoms with Crippen molar-refractivity contribution in [2.45, 2.75) is 0 Å². The quantitative estimate of drug-likeness (QED) is 0.594. The van der Waals surface area contributed by atoms with Gasteiger partial charge in [0.1, 0.15) is 0 Å². The van der Waals surface area contributed by atoms with E-state index in [0.29, 0.717) is 0 Å². The van der Waals surface area contributed by atoms with Gasteiger partial charge in [0.15, 0.2) is 0 Å². The third-order valence-electron chi connectivity index (χ3n) is 1.25. The molecule has 0 aliphatic rings. The fourth-order valence-corrected chi connectivity index (χ4v) is 0.714. The lowest BCUT2D eigenvalue weighted by Crippen LogP contribution is -2.29. The molecular formula is C9H9N3O. The molecule has 0 fully saturated rings. The number of pyridine rings is 1. The van der Waals surface area contributed by atoms with E-state index in [9.17, 15) is 4.79 Å². The Balaban J connectivity index is 2.44. The van der Waals surface area contributed by atoms with Crippen molar-refractivity contribution in [1.82, 2.24) is 10.3 Å². The molecule has 2 amide bonds. The number of hydrogen-bond donors (Lipinski definition) is 2. The maximum atomic E-state index is 10.2. The van der Waals surface area contributed by atoms with Crippen LogP contribution < -0.4 is 11.1 Å². The Labute approximate surface area is 76.2 Å². The molecular weight excluding hydrogens is 166 g/mol. The van der Waals surface area contributed by atoms with E-state index in [0.717, 1.165) is 5.56 Å². The van der Waals surface area contributed by atoms with Crippen LogP contribution in [0.15, 0.2) is 24.5 Å². The highest BCUT2D eigenvalue weighted by atomic mass is 16.2. The first-order valence-corrected chi connectivity index (χ1v) is 3.71. The van der Waals surface area contributed by atoms with E-state index in [-0.39, 0.29) is 6.54 Å². The minimum absolute atomic E-state index is 0.254. The van der Waals surface area contributed by atoms with Gasteiger partial charge in [0.25, 0.3) is 0 Å². The van der Waals surface area contributed by atoms with Gasteiger partial charge in [-0.05, 0) is 12.1 Å². The van der Waals surface area contributed by atoms with Gasteiger partial charge in [-0.15, -0.1) is 0 Å². The van der Waals surface area contributed by atoms with Crippen LogP contribution in [0.25, 0.3) is 0 Å². The summed E-state index contributed by atoms with van der Waals surface area (Å²) >= 11 is 0. The van der Waals surface area contributed by atoms with Gasteiger partial charge >= 0.3 is 6.03 Å². The molecule has 1 rings (SSSR count). The predicted octanol–water partition coefficient (Wildman–Crippen LogP) is 0.101. The van der Waals surface area contributed by atoms with E-state index in [4.69, 9.17) is 5.73 Å². The lowest BCUT2D eigenvalue weighted by atomic mass is 10.3. The molecule has 4 heteroatoms. The molecule has 66 valence electrons. The second-order valence-corrected chi connectivity index (χ2v) is 2.26. The molecule has 0 unspecified atom stereocenters. The van der Waals surface area contributed by atoms with Gasteiger partial charge in [-0.25, -0.2) is 4.79 Å². The predicted molar refractivity (Wildman–Crippen MR) is 48.7 cm³/mol. The number of urea groups is 1. The van der Waals surface area contributed by atoms with Crippen molar-refractivity contribution in [2.75, 3.05) is 6.54 Å². The SMILES string of the molecule is NC(=O)NCC#Cc1cccnc1. The first-order chi connectivity index (χ1) is 6.29. The molecule has 0 atom stereocenters. The first-order valence-electron chi connectivity index (χ1n) is 3.71. The molecule has 0 saturated heterocycles. The lowest BCUT2D eigenvalue weighted by molar-refractivity contribution is 0.250. The third kappa shape index (κ3) is 3.77. The van der Waals surface area contributed by atoms with Crippen molar-refractivity contribution >= 4 is 6.03 Å². The highest BCUT2D eigenvalue weighted by Gasteiger charge is 1.85. The van der Waals surface area contributed by atoms with Gasteiger partial charge < -0.3 is 11.1 Å². The van der Waals surface area contributed by atoms with Crippen LogP contribution in [0.4, 0.5) is 4.79 Å². The van der Waals surface area contributed by atoms with E-state index in [1.54, 1.807) is 18.5 Å². The molecule has 0 saturated carbocycles. The maximum absolute atomic E-state index is 10.2. The zero-order chi connectivity index (χ0) is 9.52. The van der Waals surface area contributed by atoms with Gasteiger partial charge in [0.05, 0.1) is 6.54 Å². The van der Waals surface area contributed by atoms with Crippen molar-refractivity contribution < 1.29 is 4.79 Å². The largest absolute Gasteiger partial charge is 0.352 e. The second-order valence-electron chi connectivity index (χ2n) is 2.26. The van der Waals surface area contributed by atoms with Gasteiger partial charge in [-0.3, -0.25) is 4.98 Å². The highest BCUT2D eigenvalue weighted by Crippen LogP contribution is 1.90. The van der Waals surface area contributed by atoms with Crippen LogP contribution in [-0.4, -0.2) is 17.6 Å². The fourth-order valence-electron chi connectivity index (χ4n) is 0.714. The third-order valence-corrected chi connectivity index (χ3v) is 1.25. The van der Waals surface area contributed by atoms with Crippen LogP contribution in [0, 0.1) is 11.8 Å². The minimum Gasteiger partial charge on any atom is -0.352 e. The number of primary amides is 1. The number of hydrogen-bond acceptors (Lipinski definition) is 2. The average molecular weight is 175 g/mol. The number of amides is 2. The Morgan fingerprint density at radius 3 is 3.15 bits per heavy atom. The number of nitrogens with two attached hydrogens (primary N) is 1. The summed E-state index contributed by atoms with van der Waals surface area (Å²) in [6.07, 6.45) is 3.32. The minimum atomic E-state index is -0.569. The van der Waals surface area contributed by atoms with Crippen LogP contribution in [-0.2, 0) is 0 Å². The summed E-state index contributed by atoms with van der Waals surface area (Å²) in [4.78, 5) is 14.1. The average Bonchev–Trinajstić information content (AvgIpc) is 2.14. The number of carbonyl (C=O) groups is 1. The van der Waals surface area contributed by atoms with Crippen molar-refractivity contribution in [3.05, 3.63) is 30.1 Å². The van der Waals surface area contributed by atoms with Crippen molar-refractivity contribution in [3.63, 3.8) is 0 Å². The summed E-state index contributed by atoms with van der Waals surface area (Å²) in [5.74, 6) is 5.55. The fraction of sp³-hybridized carbons (Fsp3) is 0.111. The standard InChI is InChI=1S/C9H9N3O/c10-9(13)12-6-2-4-8-3-1-5-11-7-8/h1,3,5,7H,6H2,(H3,10,12,13). The molecule has 0 spiro atoms. The van der Waals surface area contributed by atoms with Gasteiger partial charge in [-0.2, -0.15) is 0 Å².